The van der Waals surface area contributed by atoms with E-state index >= 15 is 0 Å². The van der Waals surface area contributed by atoms with Gasteiger partial charge in [0, 0.05) is 29.9 Å². The smallest absolute Gasteiger partial charge is 0.256 e. The van der Waals surface area contributed by atoms with Crippen molar-refractivity contribution in [2.75, 3.05) is 17.2 Å². The summed E-state index contributed by atoms with van der Waals surface area (Å²) < 4.78 is 28.0. The third kappa shape index (κ3) is 6.09. The zero-order chi connectivity index (χ0) is 24.9. The highest BCUT2D eigenvalue weighted by Crippen LogP contribution is 2.22. The van der Waals surface area contributed by atoms with Gasteiger partial charge in [-0.15, -0.1) is 0 Å². The molecule has 0 radical (unpaired) electrons. The largest absolute Gasteiger partial charge is 0.326 e. The molecule has 3 aromatic carbocycles. The van der Waals surface area contributed by atoms with Crippen molar-refractivity contribution in [1.29, 1.82) is 0 Å². The maximum Gasteiger partial charge on any atom is 0.256 e. The molecule has 0 aliphatic carbocycles. The summed E-state index contributed by atoms with van der Waals surface area (Å²) in [6.45, 7) is 7.13. The fourth-order valence-electron chi connectivity index (χ4n) is 3.91. The predicted octanol–water partition coefficient (Wildman–Crippen LogP) is 4.48. The molecule has 34 heavy (non-hydrogen) atoms. The molecule has 178 valence electrons. The van der Waals surface area contributed by atoms with Crippen LogP contribution in [0.5, 0.6) is 0 Å². The molecule has 0 atom stereocenters. The Labute approximate surface area is 200 Å². The molecule has 0 aliphatic heterocycles. The average molecular weight is 480 g/mol. The summed E-state index contributed by atoms with van der Waals surface area (Å²) in [5.41, 5.74) is 4.55. The second-order valence-electron chi connectivity index (χ2n) is 8.22. The number of benzene rings is 3. The van der Waals surface area contributed by atoms with Crippen molar-refractivity contribution in [3.63, 3.8) is 0 Å². The van der Waals surface area contributed by atoms with Gasteiger partial charge in [-0.1, -0.05) is 42.0 Å². The summed E-state index contributed by atoms with van der Waals surface area (Å²) in [4.78, 5) is 25.4. The zero-order valence-electron chi connectivity index (χ0n) is 19.7. The van der Waals surface area contributed by atoms with Gasteiger partial charge in [0.25, 0.3) is 5.91 Å². The zero-order valence-corrected chi connectivity index (χ0v) is 20.5. The Bertz CT molecular complexity index is 1300. The second kappa shape index (κ2) is 10.6. The minimum atomic E-state index is -3.75. The number of hydrogen-bond donors (Lipinski definition) is 3. The first-order valence-corrected chi connectivity index (χ1v) is 12.4. The van der Waals surface area contributed by atoms with Gasteiger partial charge in [-0.05, 0) is 68.7 Å². The maximum atomic E-state index is 12.8. The van der Waals surface area contributed by atoms with E-state index < -0.39 is 10.0 Å². The summed E-state index contributed by atoms with van der Waals surface area (Å²) >= 11 is 0. The van der Waals surface area contributed by atoms with Crippen LogP contribution in [0.25, 0.3) is 0 Å². The van der Waals surface area contributed by atoms with Gasteiger partial charge in [-0.2, -0.15) is 0 Å². The van der Waals surface area contributed by atoms with Crippen molar-refractivity contribution < 1.29 is 18.0 Å². The number of sulfonamides is 1. The van der Waals surface area contributed by atoms with Gasteiger partial charge in [0.15, 0.2) is 0 Å². The predicted molar refractivity (Wildman–Crippen MR) is 135 cm³/mol. The van der Waals surface area contributed by atoms with E-state index in [9.17, 15) is 18.0 Å². The molecule has 2 amide bonds. The molecule has 0 fully saturated rings. The lowest BCUT2D eigenvalue weighted by molar-refractivity contribution is -0.116. The van der Waals surface area contributed by atoms with Gasteiger partial charge in [0.05, 0.1) is 4.90 Å². The van der Waals surface area contributed by atoms with Gasteiger partial charge < -0.3 is 10.6 Å². The average Bonchev–Trinajstić information content (AvgIpc) is 2.74. The molecule has 0 saturated carbocycles. The SMILES string of the molecule is Cc1cc(C)c(S(=O)(=O)NCCC(=O)Nc2cccc(C(=O)Nc3ccccc3)c2C)c(C)c1. The molecular weight excluding hydrogens is 450 g/mol. The second-order valence-corrected chi connectivity index (χ2v) is 9.93. The van der Waals surface area contributed by atoms with Crippen LogP contribution in [0.2, 0.25) is 0 Å². The lowest BCUT2D eigenvalue weighted by Crippen LogP contribution is -2.29. The molecule has 0 aromatic heterocycles. The molecule has 0 bridgehead atoms. The van der Waals surface area contributed by atoms with Crippen LogP contribution in [0, 0.1) is 27.7 Å². The fourth-order valence-corrected chi connectivity index (χ4v) is 5.39. The summed E-state index contributed by atoms with van der Waals surface area (Å²) in [5, 5.41) is 5.60. The Balaban J connectivity index is 1.62. The maximum absolute atomic E-state index is 12.8. The third-order valence-electron chi connectivity index (χ3n) is 5.40. The highest BCUT2D eigenvalue weighted by atomic mass is 32.2. The van der Waals surface area contributed by atoms with Crippen LogP contribution in [0.3, 0.4) is 0 Å². The molecule has 3 aromatic rings. The minimum Gasteiger partial charge on any atom is -0.326 e. The first-order valence-electron chi connectivity index (χ1n) is 10.9. The monoisotopic (exact) mass is 479 g/mol. The number of para-hydroxylation sites is 1. The summed E-state index contributed by atoms with van der Waals surface area (Å²) in [6, 6.07) is 17.8. The molecule has 3 rings (SSSR count). The normalized spacial score (nSPS) is 11.2. The van der Waals surface area contributed by atoms with Crippen LogP contribution in [-0.2, 0) is 14.8 Å². The van der Waals surface area contributed by atoms with Gasteiger partial charge in [-0.3, -0.25) is 9.59 Å². The fraction of sp³-hybridized carbons (Fsp3) is 0.231. The first kappa shape index (κ1) is 25.1. The quantitative estimate of drug-likeness (QED) is 0.443. The number of rotatable bonds is 8. The van der Waals surface area contributed by atoms with Gasteiger partial charge in [-0.25, -0.2) is 13.1 Å². The van der Waals surface area contributed by atoms with E-state index in [0.717, 1.165) is 5.56 Å². The minimum absolute atomic E-state index is 0.0475. The highest BCUT2D eigenvalue weighted by Gasteiger charge is 2.20. The number of carbonyl (C=O) groups is 2. The highest BCUT2D eigenvalue weighted by molar-refractivity contribution is 7.89. The Hall–Kier alpha value is -3.49. The van der Waals surface area contributed by atoms with E-state index in [1.54, 1.807) is 51.1 Å². The molecular formula is C26H29N3O4S. The Morgan fingerprint density at radius 2 is 1.47 bits per heavy atom. The van der Waals surface area contributed by atoms with Crippen molar-refractivity contribution in [2.45, 2.75) is 39.0 Å². The Morgan fingerprint density at radius 3 is 2.12 bits per heavy atom. The van der Waals surface area contributed by atoms with Crippen LogP contribution < -0.4 is 15.4 Å². The van der Waals surface area contributed by atoms with E-state index in [-0.39, 0.29) is 29.7 Å². The Kier molecular flexibility index (Phi) is 7.86. The number of anilines is 2. The molecule has 0 aliphatic rings. The summed E-state index contributed by atoms with van der Waals surface area (Å²) in [5.74, 6) is -0.639. The summed E-state index contributed by atoms with van der Waals surface area (Å²) in [6.07, 6.45) is -0.0525. The van der Waals surface area contributed by atoms with Crippen molar-refractivity contribution >= 4 is 33.2 Å². The third-order valence-corrected chi connectivity index (χ3v) is 7.17. The van der Waals surface area contributed by atoms with Crippen LogP contribution in [-0.4, -0.2) is 26.8 Å². The van der Waals surface area contributed by atoms with Crippen LogP contribution in [0.4, 0.5) is 11.4 Å². The van der Waals surface area contributed by atoms with Crippen molar-refractivity contribution in [1.82, 2.24) is 4.72 Å². The Morgan fingerprint density at radius 1 is 0.824 bits per heavy atom. The van der Waals surface area contributed by atoms with E-state index in [4.69, 9.17) is 0 Å². The van der Waals surface area contributed by atoms with E-state index in [0.29, 0.717) is 33.6 Å². The number of nitrogens with one attached hydrogen (secondary N) is 3. The topological polar surface area (TPSA) is 104 Å². The lowest BCUT2D eigenvalue weighted by atomic mass is 10.1. The van der Waals surface area contributed by atoms with Crippen molar-refractivity contribution in [2.24, 2.45) is 0 Å². The standard InChI is InChI=1S/C26H29N3O4S/c1-17-15-18(2)25(19(3)16-17)34(32,33)27-14-13-24(30)29-23-12-8-11-22(20(23)4)26(31)28-21-9-6-5-7-10-21/h5-12,15-16,27H,13-14H2,1-4H3,(H,28,31)(H,29,30). The number of amides is 2. The van der Waals surface area contributed by atoms with Gasteiger partial charge in [0.1, 0.15) is 0 Å². The number of carbonyl (C=O) groups excluding carboxylic acids is 2. The summed E-state index contributed by atoms with van der Waals surface area (Å²) in [7, 11) is -3.75. The molecule has 0 unspecified atom stereocenters. The molecule has 0 heterocycles. The van der Waals surface area contributed by atoms with E-state index in [2.05, 4.69) is 15.4 Å². The van der Waals surface area contributed by atoms with E-state index in [1.165, 1.54) is 0 Å². The van der Waals surface area contributed by atoms with Crippen LogP contribution in [0.15, 0.2) is 65.6 Å². The van der Waals surface area contributed by atoms with Crippen molar-refractivity contribution in [3.8, 4) is 0 Å². The molecule has 0 saturated heterocycles. The van der Waals surface area contributed by atoms with Crippen LogP contribution in [0.1, 0.15) is 39.0 Å². The van der Waals surface area contributed by atoms with Gasteiger partial charge in [0.2, 0.25) is 15.9 Å². The van der Waals surface area contributed by atoms with Crippen molar-refractivity contribution in [3.05, 3.63) is 88.5 Å². The number of aryl methyl sites for hydroxylation is 3. The molecule has 3 N–H and O–H groups in total. The van der Waals surface area contributed by atoms with Gasteiger partial charge >= 0.3 is 0 Å². The lowest BCUT2D eigenvalue weighted by Gasteiger charge is -2.14. The first-order chi connectivity index (χ1) is 16.1. The molecule has 7 nitrogen and oxygen atoms in total. The molecule has 8 heteroatoms. The van der Waals surface area contributed by atoms with Crippen LogP contribution >= 0.6 is 0 Å². The number of hydrogen-bond acceptors (Lipinski definition) is 4. The van der Waals surface area contributed by atoms with E-state index in [1.807, 2.05) is 37.3 Å². The molecule has 0 spiro atoms.